The number of fused-ring (bicyclic) bond motifs is 1. The maximum atomic E-state index is 13.2. The molecule has 3 rings (SSSR count). The molecule has 0 aliphatic carbocycles. The van der Waals surface area contributed by atoms with Crippen LogP contribution in [0.25, 0.3) is 10.9 Å². The van der Waals surface area contributed by atoms with Gasteiger partial charge in [-0.25, -0.2) is 9.18 Å². The topological polar surface area (TPSA) is 75.2 Å². The van der Waals surface area contributed by atoms with Crippen LogP contribution < -0.4 is 11.2 Å². The van der Waals surface area contributed by atoms with Crippen molar-refractivity contribution in [1.82, 2.24) is 14.5 Å². The van der Waals surface area contributed by atoms with E-state index >= 15 is 0 Å². The van der Waals surface area contributed by atoms with Gasteiger partial charge in [0.1, 0.15) is 5.82 Å². The minimum atomic E-state index is -0.536. The number of amides is 1. The van der Waals surface area contributed by atoms with Crippen LogP contribution in [0.5, 0.6) is 0 Å². The Morgan fingerprint density at radius 1 is 1.14 bits per heavy atom. The number of benzene rings is 2. The third-order valence-corrected chi connectivity index (χ3v) is 4.94. The maximum absolute atomic E-state index is 13.2. The Morgan fingerprint density at radius 2 is 1.82 bits per heavy atom. The third kappa shape index (κ3) is 3.88. The third-order valence-electron chi connectivity index (χ3n) is 4.94. The van der Waals surface area contributed by atoms with Crippen molar-refractivity contribution >= 4 is 16.8 Å². The van der Waals surface area contributed by atoms with Crippen molar-refractivity contribution in [1.29, 1.82) is 0 Å². The highest BCUT2D eigenvalue weighted by Gasteiger charge is 2.20. The number of halogens is 1. The predicted octanol–water partition coefficient (Wildman–Crippen LogP) is 2.83. The van der Waals surface area contributed by atoms with Crippen LogP contribution in [0.1, 0.15) is 31.9 Å². The van der Waals surface area contributed by atoms with Crippen LogP contribution >= 0.6 is 0 Å². The molecule has 6 nitrogen and oxygen atoms in total. The minimum absolute atomic E-state index is 0.106. The lowest BCUT2D eigenvalue weighted by Gasteiger charge is -2.28. The lowest BCUT2D eigenvalue weighted by atomic mass is 10.1. The van der Waals surface area contributed by atoms with E-state index in [1.54, 1.807) is 41.3 Å². The van der Waals surface area contributed by atoms with Crippen molar-refractivity contribution in [2.24, 2.45) is 0 Å². The number of aryl methyl sites for hydroxylation is 1. The molecule has 1 unspecified atom stereocenters. The molecule has 146 valence electrons. The van der Waals surface area contributed by atoms with Crippen LogP contribution in [0, 0.1) is 5.82 Å². The fourth-order valence-corrected chi connectivity index (χ4v) is 3.40. The molecule has 0 spiro atoms. The second kappa shape index (κ2) is 8.21. The van der Waals surface area contributed by atoms with Crippen LogP contribution in [0.3, 0.4) is 0 Å². The van der Waals surface area contributed by atoms with Gasteiger partial charge in [0.05, 0.1) is 16.9 Å². The van der Waals surface area contributed by atoms with Gasteiger partial charge in [0.2, 0.25) is 5.91 Å². The van der Waals surface area contributed by atoms with E-state index in [1.807, 2.05) is 13.8 Å². The molecule has 0 saturated carbocycles. The Morgan fingerprint density at radius 3 is 2.50 bits per heavy atom. The number of para-hydroxylation sites is 1. The van der Waals surface area contributed by atoms with Gasteiger partial charge in [-0.05, 0) is 43.7 Å². The largest absolute Gasteiger partial charge is 0.336 e. The number of aromatic amines is 1. The first kappa shape index (κ1) is 19.5. The summed E-state index contributed by atoms with van der Waals surface area (Å²) in [5, 5.41) is 0.404. The Kier molecular flexibility index (Phi) is 5.73. The lowest BCUT2D eigenvalue weighted by Crippen LogP contribution is -2.36. The molecule has 7 heteroatoms. The second-order valence-corrected chi connectivity index (χ2v) is 6.59. The van der Waals surface area contributed by atoms with E-state index < -0.39 is 11.2 Å². The molecule has 0 aliphatic heterocycles. The highest BCUT2D eigenvalue weighted by molar-refractivity contribution is 5.79. The van der Waals surface area contributed by atoms with Gasteiger partial charge >= 0.3 is 5.69 Å². The quantitative estimate of drug-likeness (QED) is 0.711. The standard InChI is InChI=1S/C21H22FN3O3/c1-3-24(14(2)15-8-10-16(22)11-9-15)19(26)12-13-25-18-7-5-4-6-17(18)20(27)23-21(25)28/h4-11,14H,3,12-13H2,1-2H3,(H,23,27,28). The SMILES string of the molecule is CCN(C(=O)CCn1c(=O)[nH]c(=O)c2ccccc21)C(C)c1ccc(F)cc1. The van der Waals surface area contributed by atoms with Crippen LogP contribution in [0.4, 0.5) is 4.39 Å². The molecule has 0 saturated heterocycles. The van der Waals surface area contributed by atoms with Gasteiger partial charge < -0.3 is 4.90 Å². The zero-order valence-electron chi connectivity index (χ0n) is 15.8. The summed E-state index contributed by atoms with van der Waals surface area (Å²) in [5.41, 5.74) is 0.358. The molecule has 2 aromatic carbocycles. The molecule has 1 amide bonds. The fourth-order valence-electron chi connectivity index (χ4n) is 3.40. The van der Waals surface area contributed by atoms with E-state index in [0.29, 0.717) is 17.4 Å². The molecule has 1 N–H and O–H groups in total. The van der Waals surface area contributed by atoms with Crippen molar-refractivity contribution in [3.8, 4) is 0 Å². The highest BCUT2D eigenvalue weighted by Crippen LogP contribution is 2.21. The molecule has 0 radical (unpaired) electrons. The van der Waals surface area contributed by atoms with Crippen molar-refractivity contribution < 1.29 is 9.18 Å². The van der Waals surface area contributed by atoms with Crippen LogP contribution in [0.2, 0.25) is 0 Å². The average molecular weight is 383 g/mol. The van der Waals surface area contributed by atoms with Gasteiger partial charge in [-0.3, -0.25) is 19.1 Å². The summed E-state index contributed by atoms with van der Waals surface area (Å²) >= 11 is 0. The molecule has 3 aromatic rings. The molecular formula is C21H22FN3O3. The van der Waals surface area contributed by atoms with Gasteiger partial charge in [-0.2, -0.15) is 0 Å². The Balaban J connectivity index is 1.81. The molecule has 0 fully saturated rings. The number of carbonyl (C=O) groups excluding carboxylic acids is 1. The fraction of sp³-hybridized carbons (Fsp3) is 0.286. The van der Waals surface area contributed by atoms with E-state index in [-0.39, 0.29) is 30.7 Å². The van der Waals surface area contributed by atoms with E-state index in [2.05, 4.69) is 4.98 Å². The molecule has 0 aliphatic rings. The van der Waals surface area contributed by atoms with E-state index in [0.717, 1.165) is 5.56 Å². The molecule has 1 atom stereocenters. The summed E-state index contributed by atoms with van der Waals surface area (Å²) in [7, 11) is 0. The maximum Gasteiger partial charge on any atom is 0.328 e. The van der Waals surface area contributed by atoms with Gasteiger partial charge in [0, 0.05) is 19.5 Å². The van der Waals surface area contributed by atoms with Crippen molar-refractivity contribution in [2.75, 3.05) is 6.54 Å². The van der Waals surface area contributed by atoms with Crippen molar-refractivity contribution in [2.45, 2.75) is 32.9 Å². The van der Waals surface area contributed by atoms with Crippen LogP contribution in [0.15, 0.2) is 58.1 Å². The number of nitrogens with zero attached hydrogens (tertiary/aromatic N) is 2. The Bertz CT molecular complexity index is 1100. The molecule has 28 heavy (non-hydrogen) atoms. The first-order valence-corrected chi connectivity index (χ1v) is 9.19. The lowest BCUT2D eigenvalue weighted by molar-refractivity contribution is -0.133. The average Bonchev–Trinajstić information content (AvgIpc) is 2.69. The number of nitrogens with one attached hydrogen (secondary N) is 1. The number of H-pyrrole nitrogens is 1. The first-order valence-electron chi connectivity index (χ1n) is 9.19. The van der Waals surface area contributed by atoms with E-state index in [9.17, 15) is 18.8 Å². The number of rotatable bonds is 6. The summed E-state index contributed by atoms with van der Waals surface area (Å²) in [6.07, 6.45) is 0.106. The van der Waals surface area contributed by atoms with E-state index in [1.165, 1.54) is 16.7 Å². The Hall–Kier alpha value is -3.22. The number of carbonyl (C=O) groups is 1. The predicted molar refractivity (Wildman–Crippen MR) is 106 cm³/mol. The molecule has 1 aromatic heterocycles. The zero-order valence-corrected chi connectivity index (χ0v) is 15.8. The molecule has 1 heterocycles. The monoisotopic (exact) mass is 383 g/mol. The Labute approximate surface area is 161 Å². The van der Waals surface area contributed by atoms with Gasteiger partial charge in [-0.15, -0.1) is 0 Å². The summed E-state index contributed by atoms with van der Waals surface area (Å²) in [6.45, 7) is 4.40. The van der Waals surface area contributed by atoms with Gasteiger partial charge in [0.15, 0.2) is 0 Å². The highest BCUT2D eigenvalue weighted by atomic mass is 19.1. The summed E-state index contributed by atoms with van der Waals surface area (Å²) in [4.78, 5) is 41.0. The normalized spacial score (nSPS) is 12.1. The summed E-state index contributed by atoms with van der Waals surface area (Å²) < 4.78 is 14.6. The number of hydrogen-bond donors (Lipinski definition) is 1. The van der Waals surface area contributed by atoms with Gasteiger partial charge in [0.25, 0.3) is 5.56 Å². The van der Waals surface area contributed by atoms with Crippen molar-refractivity contribution in [3.05, 3.63) is 80.7 Å². The van der Waals surface area contributed by atoms with E-state index in [4.69, 9.17) is 0 Å². The summed E-state index contributed by atoms with van der Waals surface area (Å²) in [6, 6.07) is 12.6. The minimum Gasteiger partial charge on any atom is -0.336 e. The second-order valence-electron chi connectivity index (χ2n) is 6.59. The number of hydrogen-bond acceptors (Lipinski definition) is 3. The van der Waals surface area contributed by atoms with Crippen LogP contribution in [-0.4, -0.2) is 26.9 Å². The van der Waals surface area contributed by atoms with Crippen molar-refractivity contribution in [3.63, 3.8) is 0 Å². The molecular weight excluding hydrogens is 361 g/mol. The van der Waals surface area contributed by atoms with Gasteiger partial charge in [-0.1, -0.05) is 24.3 Å². The summed E-state index contributed by atoms with van der Waals surface area (Å²) in [5.74, 6) is -0.448. The number of aromatic nitrogens is 2. The zero-order chi connectivity index (χ0) is 20.3. The molecule has 0 bridgehead atoms. The van der Waals surface area contributed by atoms with Crippen LogP contribution in [-0.2, 0) is 11.3 Å². The first-order chi connectivity index (χ1) is 13.4. The smallest absolute Gasteiger partial charge is 0.328 e.